The molecule has 0 fully saturated rings. The zero-order chi connectivity index (χ0) is 11.1. The SMILES string of the molecule is CCONC(=O)Nc1ccc(OC)cc1. The number of urea groups is 1. The van der Waals surface area contributed by atoms with Crippen LogP contribution in [0.3, 0.4) is 0 Å². The summed E-state index contributed by atoms with van der Waals surface area (Å²) in [5, 5.41) is 2.60. The van der Waals surface area contributed by atoms with Crippen molar-refractivity contribution in [1.29, 1.82) is 0 Å². The number of hydrogen-bond donors (Lipinski definition) is 2. The van der Waals surface area contributed by atoms with Crippen molar-refractivity contribution in [3.8, 4) is 5.75 Å². The average Bonchev–Trinajstić information content (AvgIpc) is 2.27. The lowest BCUT2D eigenvalue weighted by Crippen LogP contribution is -2.28. The lowest BCUT2D eigenvalue weighted by atomic mass is 10.3. The van der Waals surface area contributed by atoms with E-state index in [0.717, 1.165) is 5.75 Å². The van der Waals surface area contributed by atoms with Gasteiger partial charge in [0, 0.05) is 5.69 Å². The Kier molecular flexibility index (Phi) is 4.43. The van der Waals surface area contributed by atoms with E-state index in [0.29, 0.717) is 12.3 Å². The largest absolute Gasteiger partial charge is 0.497 e. The molecule has 0 unspecified atom stereocenters. The van der Waals surface area contributed by atoms with Gasteiger partial charge in [-0.3, -0.25) is 4.84 Å². The summed E-state index contributed by atoms with van der Waals surface area (Å²) in [6.07, 6.45) is 0. The minimum Gasteiger partial charge on any atom is -0.497 e. The average molecular weight is 210 g/mol. The molecule has 0 bridgehead atoms. The van der Waals surface area contributed by atoms with Crippen LogP contribution in [0.15, 0.2) is 24.3 Å². The molecular weight excluding hydrogens is 196 g/mol. The smallest absolute Gasteiger partial charge is 0.343 e. The van der Waals surface area contributed by atoms with E-state index >= 15 is 0 Å². The van der Waals surface area contributed by atoms with E-state index in [9.17, 15) is 4.79 Å². The molecule has 5 nitrogen and oxygen atoms in total. The summed E-state index contributed by atoms with van der Waals surface area (Å²) in [7, 11) is 1.59. The normalized spacial score (nSPS) is 9.47. The zero-order valence-corrected chi connectivity index (χ0v) is 8.74. The standard InChI is InChI=1S/C10H14N2O3/c1-3-15-12-10(13)11-8-4-6-9(14-2)7-5-8/h4-7H,3H2,1-2H3,(H2,11,12,13). The third-order valence-electron chi connectivity index (χ3n) is 1.66. The summed E-state index contributed by atoms with van der Waals surface area (Å²) in [5.74, 6) is 0.741. The molecule has 5 heteroatoms. The summed E-state index contributed by atoms with van der Waals surface area (Å²) in [6, 6.07) is 6.60. The van der Waals surface area contributed by atoms with Crippen molar-refractivity contribution >= 4 is 11.7 Å². The van der Waals surface area contributed by atoms with E-state index in [1.807, 2.05) is 0 Å². The van der Waals surface area contributed by atoms with E-state index < -0.39 is 6.03 Å². The number of hydrogen-bond acceptors (Lipinski definition) is 3. The van der Waals surface area contributed by atoms with Crippen molar-refractivity contribution in [3.05, 3.63) is 24.3 Å². The molecule has 1 rings (SSSR count). The summed E-state index contributed by atoms with van der Waals surface area (Å²) < 4.78 is 4.99. The van der Waals surface area contributed by atoms with Crippen LogP contribution in [0.25, 0.3) is 0 Å². The van der Waals surface area contributed by atoms with Gasteiger partial charge in [-0.2, -0.15) is 0 Å². The van der Waals surface area contributed by atoms with Crippen LogP contribution in [0.1, 0.15) is 6.92 Å². The second-order valence-electron chi connectivity index (χ2n) is 2.72. The molecule has 0 aromatic heterocycles. The number of anilines is 1. The lowest BCUT2D eigenvalue weighted by molar-refractivity contribution is 0.0758. The Bertz CT molecular complexity index is 311. The second kappa shape index (κ2) is 5.87. The molecule has 0 aliphatic heterocycles. The van der Waals surface area contributed by atoms with Crippen LogP contribution in [0.5, 0.6) is 5.75 Å². The van der Waals surface area contributed by atoms with Gasteiger partial charge in [-0.15, -0.1) is 0 Å². The van der Waals surface area contributed by atoms with Crippen molar-refractivity contribution in [2.75, 3.05) is 19.0 Å². The molecule has 0 aliphatic rings. The molecule has 2 amide bonds. The number of ether oxygens (including phenoxy) is 1. The number of hydroxylamine groups is 1. The van der Waals surface area contributed by atoms with Crippen LogP contribution < -0.4 is 15.5 Å². The third-order valence-corrected chi connectivity index (χ3v) is 1.66. The predicted octanol–water partition coefficient (Wildman–Crippen LogP) is 1.77. The van der Waals surface area contributed by atoms with Gasteiger partial charge in [-0.05, 0) is 31.2 Å². The number of benzene rings is 1. The Balaban J connectivity index is 2.46. The van der Waals surface area contributed by atoms with Crippen LogP contribution in [-0.4, -0.2) is 19.7 Å². The van der Waals surface area contributed by atoms with Crippen LogP contribution >= 0.6 is 0 Å². The maximum atomic E-state index is 11.1. The van der Waals surface area contributed by atoms with Crippen LogP contribution in [0, 0.1) is 0 Å². The molecule has 2 N–H and O–H groups in total. The second-order valence-corrected chi connectivity index (χ2v) is 2.72. The molecule has 0 radical (unpaired) electrons. The van der Waals surface area contributed by atoms with E-state index in [4.69, 9.17) is 9.57 Å². The first kappa shape index (κ1) is 11.3. The fourth-order valence-corrected chi connectivity index (χ4v) is 0.969. The Hall–Kier alpha value is -1.75. The summed E-state index contributed by atoms with van der Waals surface area (Å²) in [5.41, 5.74) is 2.90. The summed E-state index contributed by atoms with van der Waals surface area (Å²) in [6.45, 7) is 2.21. The molecule has 1 aromatic rings. The molecule has 0 atom stereocenters. The maximum Gasteiger partial charge on any atom is 0.343 e. The number of rotatable bonds is 4. The van der Waals surface area contributed by atoms with Gasteiger partial charge in [-0.1, -0.05) is 0 Å². The molecule has 0 saturated carbocycles. The summed E-state index contributed by atoms with van der Waals surface area (Å²) >= 11 is 0. The van der Waals surface area contributed by atoms with Crippen LogP contribution in [0.2, 0.25) is 0 Å². The number of carbonyl (C=O) groups is 1. The topological polar surface area (TPSA) is 59.6 Å². The molecule has 15 heavy (non-hydrogen) atoms. The predicted molar refractivity (Wildman–Crippen MR) is 56.8 cm³/mol. The van der Waals surface area contributed by atoms with E-state index in [-0.39, 0.29) is 0 Å². The molecule has 0 aliphatic carbocycles. The lowest BCUT2D eigenvalue weighted by Gasteiger charge is -2.06. The number of methoxy groups -OCH3 is 1. The monoisotopic (exact) mass is 210 g/mol. The van der Waals surface area contributed by atoms with Crippen molar-refractivity contribution in [3.63, 3.8) is 0 Å². The van der Waals surface area contributed by atoms with Crippen LogP contribution in [-0.2, 0) is 4.84 Å². The first-order chi connectivity index (χ1) is 7.26. The van der Waals surface area contributed by atoms with E-state index in [1.165, 1.54) is 0 Å². The minimum absolute atomic E-state index is 0.401. The van der Waals surface area contributed by atoms with Crippen molar-refractivity contribution in [2.24, 2.45) is 0 Å². The molecule has 0 saturated heterocycles. The molecule has 82 valence electrons. The fourth-order valence-electron chi connectivity index (χ4n) is 0.969. The Morgan fingerprint density at radius 1 is 1.33 bits per heavy atom. The molecule has 0 spiro atoms. The van der Waals surface area contributed by atoms with Gasteiger partial charge in [-0.25, -0.2) is 10.3 Å². The third kappa shape index (κ3) is 3.86. The Morgan fingerprint density at radius 3 is 2.53 bits per heavy atom. The highest BCUT2D eigenvalue weighted by atomic mass is 16.7. The summed E-state index contributed by atoms with van der Waals surface area (Å²) in [4.78, 5) is 15.9. The molecule has 0 heterocycles. The first-order valence-corrected chi connectivity index (χ1v) is 4.59. The highest BCUT2D eigenvalue weighted by Crippen LogP contribution is 2.14. The highest BCUT2D eigenvalue weighted by molar-refractivity contribution is 5.88. The van der Waals surface area contributed by atoms with Gasteiger partial charge in [0.2, 0.25) is 0 Å². The van der Waals surface area contributed by atoms with Gasteiger partial charge < -0.3 is 10.1 Å². The Morgan fingerprint density at radius 2 is 2.00 bits per heavy atom. The number of carbonyl (C=O) groups excluding carboxylic acids is 1. The first-order valence-electron chi connectivity index (χ1n) is 4.59. The van der Waals surface area contributed by atoms with Gasteiger partial charge in [0.05, 0.1) is 13.7 Å². The van der Waals surface area contributed by atoms with E-state index in [2.05, 4.69) is 10.8 Å². The van der Waals surface area contributed by atoms with Gasteiger partial charge in [0.25, 0.3) is 0 Å². The highest BCUT2D eigenvalue weighted by Gasteiger charge is 2.00. The van der Waals surface area contributed by atoms with Gasteiger partial charge in [0.1, 0.15) is 5.75 Å². The quantitative estimate of drug-likeness (QED) is 0.744. The van der Waals surface area contributed by atoms with Gasteiger partial charge >= 0.3 is 6.03 Å². The number of amides is 2. The molecule has 1 aromatic carbocycles. The van der Waals surface area contributed by atoms with Crippen molar-refractivity contribution < 1.29 is 14.4 Å². The zero-order valence-electron chi connectivity index (χ0n) is 8.74. The number of nitrogens with one attached hydrogen (secondary N) is 2. The minimum atomic E-state index is -0.401. The maximum absolute atomic E-state index is 11.1. The Labute approximate surface area is 88.3 Å². The van der Waals surface area contributed by atoms with Crippen LogP contribution in [0.4, 0.5) is 10.5 Å². The van der Waals surface area contributed by atoms with Crippen molar-refractivity contribution in [2.45, 2.75) is 6.92 Å². The molecular formula is C10H14N2O3. The van der Waals surface area contributed by atoms with E-state index in [1.54, 1.807) is 38.3 Å². The van der Waals surface area contributed by atoms with Crippen molar-refractivity contribution in [1.82, 2.24) is 5.48 Å². The fraction of sp³-hybridized carbons (Fsp3) is 0.300. The van der Waals surface area contributed by atoms with Gasteiger partial charge in [0.15, 0.2) is 0 Å².